The number of allylic oxidation sites excluding steroid dienone is 2. The average molecular weight is 265 g/mol. The van der Waals surface area contributed by atoms with Gasteiger partial charge in [-0.05, 0) is 30.2 Å². The van der Waals surface area contributed by atoms with Gasteiger partial charge >= 0.3 is 0 Å². The van der Waals surface area contributed by atoms with E-state index in [1.54, 1.807) is 25.1 Å². The van der Waals surface area contributed by atoms with Gasteiger partial charge in [0.15, 0.2) is 4.91 Å². The Kier molecular flexibility index (Phi) is 4.11. The van der Waals surface area contributed by atoms with Gasteiger partial charge in [-0.15, -0.1) is 0 Å². The summed E-state index contributed by atoms with van der Waals surface area (Å²) in [6.07, 6.45) is 0. The first kappa shape index (κ1) is 14.2. The number of hydrogen-bond acceptors (Lipinski definition) is 4. The van der Waals surface area contributed by atoms with Crippen molar-refractivity contribution in [1.29, 1.82) is 5.26 Å². The van der Waals surface area contributed by atoms with Gasteiger partial charge in [0.25, 0.3) is 0 Å². The van der Waals surface area contributed by atoms with Crippen LogP contribution in [0.25, 0.3) is 5.57 Å². The minimum absolute atomic E-state index is 0.352. The van der Waals surface area contributed by atoms with Crippen LogP contribution in [0.15, 0.2) is 29.2 Å². The zero-order chi connectivity index (χ0) is 13.9. The molecule has 6 heteroatoms. The molecule has 96 valence electrons. The molecule has 0 aliphatic carbocycles. The number of nitriles is 1. The zero-order valence-corrected chi connectivity index (χ0v) is 11.3. The maximum Gasteiger partial charge on any atom is 0.248 e. The molecular formula is C12H15N3O2S. The lowest BCUT2D eigenvalue weighted by Gasteiger charge is -2.13. The Morgan fingerprint density at radius 2 is 1.78 bits per heavy atom. The van der Waals surface area contributed by atoms with Crippen molar-refractivity contribution in [1.82, 2.24) is 0 Å². The number of anilines is 1. The predicted octanol–water partition coefficient (Wildman–Crippen LogP) is 1.30. The van der Waals surface area contributed by atoms with Crippen molar-refractivity contribution in [2.45, 2.75) is 6.92 Å². The standard InChI is InChI=1S/C12H15N3O2S/c1-9(12(8-13)18(14,16)17)10-4-6-11(7-5-10)15(2)3/h4-7H,1-3H3,(H2,14,16,17)/b12-9+. The van der Waals surface area contributed by atoms with E-state index in [1.165, 1.54) is 0 Å². The van der Waals surface area contributed by atoms with Crippen LogP contribution in [0.4, 0.5) is 5.69 Å². The highest BCUT2D eigenvalue weighted by molar-refractivity contribution is 7.93. The lowest BCUT2D eigenvalue weighted by molar-refractivity contribution is 0.605. The number of rotatable bonds is 3. The van der Waals surface area contributed by atoms with E-state index in [1.807, 2.05) is 31.1 Å². The Bertz CT molecular complexity index is 608. The van der Waals surface area contributed by atoms with E-state index in [9.17, 15) is 8.42 Å². The average Bonchev–Trinajstić information content (AvgIpc) is 2.28. The predicted molar refractivity (Wildman–Crippen MR) is 72.1 cm³/mol. The molecule has 5 nitrogen and oxygen atoms in total. The van der Waals surface area contributed by atoms with Crippen molar-refractivity contribution in [2.24, 2.45) is 5.14 Å². The maximum absolute atomic E-state index is 11.2. The second-order valence-electron chi connectivity index (χ2n) is 4.05. The van der Waals surface area contributed by atoms with E-state index in [-0.39, 0.29) is 0 Å². The van der Waals surface area contributed by atoms with Crippen LogP contribution in [0.5, 0.6) is 0 Å². The summed E-state index contributed by atoms with van der Waals surface area (Å²) in [6.45, 7) is 1.56. The minimum Gasteiger partial charge on any atom is -0.378 e. The third-order valence-corrected chi connectivity index (χ3v) is 3.51. The van der Waals surface area contributed by atoms with Gasteiger partial charge in [0.1, 0.15) is 6.07 Å². The van der Waals surface area contributed by atoms with Crippen LogP contribution >= 0.6 is 0 Å². The molecule has 0 aliphatic rings. The van der Waals surface area contributed by atoms with Crippen molar-refractivity contribution < 1.29 is 8.42 Å². The number of benzene rings is 1. The lowest BCUT2D eigenvalue weighted by atomic mass is 10.1. The van der Waals surface area contributed by atoms with Crippen LogP contribution in [-0.4, -0.2) is 22.5 Å². The Labute approximate surface area is 107 Å². The van der Waals surface area contributed by atoms with Crippen LogP contribution in [0, 0.1) is 11.3 Å². The van der Waals surface area contributed by atoms with Gasteiger partial charge in [0.05, 0.1) is 0 Å². The molecule has 0 saturated carbocycles. The van der Waals surface area contributed by atoms with Gasteiger partial charge in [0, 0.05) is 19.8 Å². The van der Waals surface area contributed by atoms with Gasteiger partial charge in [-0.1, -0.05) is 12.1 Å². The molecule has 0 spiro atoms. The fourth-order valence-electron chi connectivity index (χ4n) is 1.50. The Hall–Kier alpha value is -1.84. The molecule has 0 aliphatic heterocycles. The summed E-state index contributed by atoms with van der Waals surface area (Å²) < 4.78 is 22.5. The quantitative estimate of drug-likeness (QED) is 0.834. The highest BCUT2D eigenvalue weighted by Gasteiger charge is 2.16. The first-order valence-corrected chi connectivity index (χ1v) is 6.73. The van der Waals surface area contributed by atoms with Crippen LogP contribution < -0.4 is 10.0 Å². The molecule has 0 amide bonds. The molecule has 0 aromatic heterocycles. The summed E-state index contributed by atoms with van der Waals surface area (Å²) in [5.41, 5.74) is 2.00. The van der Waals surface area contributed by atoms with Crippen molar-refractivity contribution in [3.8, 4) is 6.07 Å². The Morgan fingerprint density at radius 1 is 1.28 bits per heavy atom. The fourth-order valence-corrected chi connectivity index (χ4v) is 2.17. The molecule has 0 saturated heterocycles. The molecule has 0 fully saturated rings. The molecule has 0 bridgehead atoms. The number of nitrogens with zero attached hydrogens (tertiary/aromatic N) is 2. The Balaban J connectivity index is 3.31. The van der Waals surface area contributed by atoms with Crippen LogP contribution in [0.2, 0.25) is 0 Å². The van der Waals surface area contributed by atoms with Crippen molar-refractivity contribution in [3.63, 3.8) is 0 Å². The van der Waals surface area contributed by atoms with Gasteiger partial charge in [-0.2, -0.15) is 5.26 Å². The first-order valence-electron chi connectivity index (χ1n) is 5.19. The number of primary sulfonamides is 1. The van der Waals surface area contributed by atoms with Gasteiger partial charge in [-0.3, -0.25) is 0 Å². The molecule has 1 aromatic carbocycles. The van der Waals surface area contributed by atoms with Crippen LogP contribution in [0.1, 0.15) is 12.5 Å². The molecule has 1 rings (SSSR count). The van der Waals surface area contributed by atoms with E-state index < -0.39 is 14.9 Å². The van der Waals surface area contributed by atoms with Gasteiger partial charge in [-0.25, -0.2) is 13.6 Å². The summed E-state index contributed by atoms with van der Waals surface area (Å²) >= 11 is 0. The molecule has 18 heavy (non-hydrogen) atoms. The summed E-state index contributed by atoms with van der Waals surface area (Å²) in [4.78, 5) is 1.52. The summed E-state index contributed by atoms with van der Waals surface area (Å²) in [5, 5.41) is 13.9. The summed E-state index contributed by atoms with van der Waals surface area (Å²) in [7, 11) is -0.170. The van der Waals surface area contributed by atoms with Crippen molar-refractivity contribution in [2.75, 3.05) is 19.0 Å². The van der Waals surface area contributed by atoms with Crippen LogP contribution in [0.3, 0.4) is 0 Å². The largest absolute Gasteiger partial charge is 0.378 e. The molecule has 0 radical (unpaired) electrons. The number of hydrogen-bond donors (Lipinski definition) is 1. The highest BCUT2D eigenvalue weighted by Crippen LogP contribution is 2.22. The second-order valence-corrected chi connectivity index (χ2v) is 5.55. The number of nitrogens with two attached hydrogens (primary N) is 1. The molecule has 1 aromatic rings. The van der Waals surface area contributed by atoms with Gasteiger partial charge in [0.2, 0.25) is 10.0 Å². The fraction of sp³-hybridized carbons (Fsp3) is 0.250. The van der Waals surface area contributed by atoms with Crippen LogP contribution in [-0.2, 0) is 10.0 Å². The summed E-state index contributed by atoms with van der Waals surface area (Å²) in [6, 6.07) is 8.84. The highest BCUT2D eigenvalue weighted by atomic mass is 32.2. The topological polar surface area (TPSA) is 87.2 Å². The first-order chi connectivity index (χ1) is 8.27. The minimum atomic E-state index is -3.98. The van der Waals surface area contributed by atoms with E-state index in [2.05, 4.69) is 0 Å². The van der Waals surface area contributed by atoms with E-state index in [0.717, 1.165) is 5.69 Å². The Morgan fingerprint density at radius 3 is 2.11 bits per heavy atom. The van der Waals surface area contributed by atoms with E-state index in [0.29, 0.717) is 11.1 Å². The lowest BCUT2D eigenvalue weighted by Crippen LogP contribution is -2.15. The van der Waals surface area contributed by atoms with Crippen molar-refractivity contribution in [3.05, 3.63) is 34.7 Å². The monoisotopic (exact) mass is 265 g/mol. The molecule has 0 heterocycles. The van der Waals surface area contributed by atoms with E-state index >= 15 is 0 Å². The van der Waals surface area contributed by atoms with Gasteiger partial charge < -0.3 is 4.90 Å². The molecule has 0 atom stereocenters. The third-order valence-electron chi connectivity index (χ3n) is 2.54. The SMILES string of the molecule is C/C(=C(/C#N)S(N)(=O)=O)c1ccc(N(C)C)cc1. The molecule has 2 N–H and O–H groups in total. The second kappa shape index (κ2) is 5.21. The maximum atomic E-state index is 11.2. The van der Waals surface area contributed by atoms with Crippen molar-refractivity contribution >= 4 is 21.3 Å². The summed E-state index contributed by atoms with van der Waals surface area (Å²) in [5.74, 6) is 0. The smallest absolute Gasteiger partial charge is 0.248 e. The molecular weight excluding hydrogens is 250 g/mol. The zero-order valence-electron chi connectivity index (χ0n) is 10.5. The number of sulfonamides is 1. The normalized spacial score (nSPS) is 12.6. The van der Waals surface area contributed by atoms with E-state index in [4.69, 9.17) is 10.4 Å². The third kappa shape index (κ3) is 3.09. The molecule has 0 unspecified atom stereocenters.